The van der Waals surface area contributed by atoms with Crippen molar-refractivity contribution in [3.05, 3.63) is 71.8 Å². The predicted molar refractivity (Wildman–Crippen MR) is 110 cm³/mol. The number of oxime groups is 1. The molecule has 0 bridgehead atoms. The Kier molecular flexibility index (Phi) is 5.44. The van der Waals surface area contributed by atoms with Crippen LogP contribution in [0.4, 0.5) is 0 Å². The zero-order valence-electron chi connectivity index (χ0n) is 16.3. The number of hydrogen-bond acceptors (Lipinski definition) is 4. The molecule has 1 spiro atoms. The van der Waals surface area contributed by atoms with Crippen LogP contribution in [0.2, 0.25) is 0 Å². The van der Waals surface area contributed by atoms with Gasteiger partial charge in [-0.15, -0.1) is 0 Å². The van der Waals surface area contributed by atoms with Crippen molar-refractivity contribution in [2.24, 2.45) is 5.16 Å². The summed E-state index contributed by atoms with van der Waals surface area (Å²) in [5, 5.41) is 7.16. The minimum Gasteiger partial charge on any atom is -0.387 e. The number of hydrogen-bond donors (Lipinski definition) is 1. The molecule has 1 saturated heterocycles. The fourth-order valence-corrected chi connectivity index (χ4v) is 4.01. The van der Waals surface area contributed by atoms with E-state index in [0.717, 1.165) is 26.1 Å². The third-order valence-electron chi connectivity index (χ3n) is 5.68. The lowest BCUT2D eigenvalue weighted by Crippen LogP contribution is -2.37. The Morgan fingerprint density at radius 3 is 2.64 bits per heavy atom. The minimum atomic E-state index is -0.341. The first-order valence-electron chi connectivity index (χ1n) is 9.98. The van der Waals surface area contributed by atoms with E-state index in [1.807, 2.05) is 24.3 Å². The van der Waals surface area contributed by atoms with Crippen LogP contribution < -0.4 is 5.32 Å². The quantitative estimate of drug-likeness (QED) is 0.840. The van der Waals surface area contributed by atoms with Gasteiger partial charge in [-0.25, -0.2) is 0 Å². The van der Waals surface area contributed by atoms with E-state index >= 15 is 0 Å². The van der Waals surface area contributed by atoms with Crippen molar-refractivity contribution in [2.75, 3.05) is 19.6 Å². The molecule has 0 aliphatic carbocycles. The number of nitrogens with zero attached hydrogens (tertiary/aromatic N) is 2. The Hall–Kier alpha value is -2.66. The molecule has 2 aliphatic rings. The van der Waals surface area contributed by atoms with Crippen molar-refractivity contribution in [1.29, 1.82) is 0 Å². The fourth-order valence-electron chi connectivity index (χ4n) is 4.01. The van der Waals surface area contributed by atoms with Crippen molar-refractivity contribution in [1.82, 2.24) is 10.2 Å². The number of amides is 1. The second kappa shape index (κ2) is 8.15. The summed E-state index contributed by atoms with van der Waals surface area (Å²) in [6, 6.07) is 20.7. The van der Waals surface area contributed by atoms with Crippen molar-refractivity contribution < 1.29 is 9.63 Å². The summed E-state index contributed by atoms with van der Waals surface area (Å²) in [5.74, 6) is 0.149. The van der Waals surface area contributed by atoms with E-state index < -0.39 is 0 Å². The molecule has 28 heavy (non-hydrogen) atoms. The lowest BCUT2D eigenvalue weighted by Gasteiger charge is -2.21. The Bertz CT molecular complexity index is 837. The number of benzene rings is 2. The van der Waals surface area contributed by atoms with E-state index in [1.54, 1.807) is 0 Å². The highest BCUT2D eigenvalue weighted by Gasteiger charge is 2.46. The molecule has 1 fully saturated rings. The molecule has 2 atom stereocenters. The fraction of sp³-hybridized carbons (Fsp3) is 0.391. The molecule has 146 valence electrons. The van der Waals surface area contributed by atoms with Crippen molar-refractivity contribution in [3.63, 3.8) is 0 Å². The highest BCUT2D eigenvalue weighted by Crippen LogP contribution is 2.34. The van der Waals surface area contributed by atoms with Gasteiger partial charge in [0.15, 0.2) is 5.60 Å². The van der Waals surface area contributed by atoms with Gasteiger partial charge in [-0.2, -0.15) is 0 Å². The first kappa shape index (κ1) is 18.7. The molecule has 2 aromatic carbocycles. The molecule has 5 nitrogen and oxygen atoms in total. The summed E-state index contributed by atoms with van der Waals surface area (Å²) in [6.07, 6.45) is 1.49. The molecular weight excluding hydrogens is 350 g/mol. The summed E-state index contributed by atoms with van der Waals surface area (Å²) in [6.45, 7) is 5.38. The molecule has 1 amide bonds. The van der Waals surface area contributed by atoms with Crippen LogP contribution in [-0.2, 0) is 16.2 Å². The standard InChI is InChI=1S/C23H27N3O2/c1-18(20-10-6-3-7-11-20)15-24-22(27)21-14-23(28-25-21)12-13-26(17-23)16-19-8-4-2-5-9-19/h2-11,18H,12-17H2,1H3,(H,24,27)/t18-,23-/m1/s1. The molecule has 2 heterocycles. The summed E-state index contributed by atoms with van der Waals surface area (Å²) in [4.78, 5) is 20.7. The number of likely N-dealkylation sites (tertiary alicyclic amines) is 1. The van der Waals surface area contributed by atoms with Gasteiger partial charge >= 0.3 is 0 Å². The molecule has 1 N–H and O–H groups in total. The van der Waals surface area contributed by atoms with E-state index in [9.17, 15) is 4.79 Å². The third-order valence-corrected chi connectivity index (χ3v) is 5.68. The Morgan fingerprint density at radius 1 is 1.18 bits per heavy atom. The second-order valence-electron chi connectivity index (χ2n) is 7.96. The first-order valence-corrected chi connectivity index (χ1v) is 9.98. The van der Waals surface area contributed by atoms with E-state index in [-0.39, 0.29) is 17.4 Å². The van der Waals surface area contributed by atoms with Gasteiger partial charge in [0.05, 0.1) is 0 Å². The highest BCUT2D eigenvalue weighted by atomic mass is 16.7. The molecular formula is C23H27N3O2. The van der Waals surface area contributed by atoms with Gasteiger partial charge in [0, 0.05) is 39.0 Å². The normalized spacial score (nSPS) is 22.7. The predicted octanol–water partition coefficient (Wildman–Crippen LogP) is 3.33. The van der Waals surface area contributed by atoms with Gasteiger partial charge in [-0.1, -0.05) is 72.7 Å². The lowest BCUT2D eigenvalue weighted by molar-refractivity contribution is -0.115. The number of carbonyl (C=O) groups is 1. The van der Waals surface area contributed by atoms with Crippen LogP contribution in [0.25, 0.3) is 0 Å². The van der Waals surface area contributed by atoms with Crippen LogP contribution in [0.3, 0.4) is 0 Å². The first-order chi connectivity index (χ1) is 13.6. The number of carbonyl (C=O) groups excluding carboxylic acids is 1. The van der Waals surface area contributed by atoms with Crippen LogP contribution in [0.5, 0.6) is 0 Å². The van der Waals surface area contributed by atoms with Gasteiger partial charge in [-0.05, 0) is 17.0 Å². The van der Waals surface area contributed by atoms with Crippen molar-refractivity contribution >= 4 is 11.6 Å². The largest absolute Gasteiger partial charge is 0.387 e. The highest BCUT2D eigenvalue weighted by molar-refractivity contribution is 6.39. The van der Waals surface area contributed by atoms with Crippen molar-refractivity contribution in [2.45, 2.75) is 37.8 Å². The average molecular weight is 377 g/mol. The lowest BCUT2D eigenvalue weighted by atomic mass is 9.96. The summed E-state index contributed by atoms with van der Waals surface area (Å²) >= 11 is 0. The monoisotopic (exact) mass is 377 g/mol. The number of rotatable bonds is 6. The summed E-state index contributed by atoms with van der Waals surface area (Å²) in [7, 11) is 0. The van der Waals surface area contributed by atoms with Gasteiger partial charge in [0.2, 0.25) is 0 Å². The van der Waals surface area contributed by atoms with Crippen LogP contribution in [0, 0.1) is 0 Å². The molecule has 0 unspecified atom stereocenters. The van der Waals surface area contributed by atoms with Crippen LogP contribution in [0.1, 0.15) is 36.8 Å². The van der Waals surface area contributed by atoms with Crippen molar-refractivity contribution in [3.8, 4) is 0 Å². The molecule has 0 radical (unpaired) electrons. The smallest absolute Gasteiger partial charge is 0.269 e. The maximum Gasteiger partial charge on any atom is 0.269 e. The Labute approximate surface area is 166 Å². The SMILES string of the molecule is C[C@H](CNC(=O)C1=NO[C@]2(CCN(Cc3ccccc3)C2)C1)c1ccccc1. The van der Waals surface area contributed by atoms with Crippen LogP contribution in [-0.4, -0.2) is 41.8 Å². The molecule has 5 heteroatoms. The molecule has 2 aliphatic heterocycles. The Morgan fingerprint density at radius 2 is 1.89 bits per heavy atom. The van der Waals surface area contributed by atoms with E-state index in [4.69, 9.17) is 4.84 Å². The second-order valence-corrected chi connectivity index (χ2v) is 7.96. The zero-order chi connectivity index (χ0) is 19.4. The summed E-state index contributed by atoms with van der Waals surface area (Å²) < 4.78 is 0. The maximum atomic E-state index is 12.6. The molecule has 0 saturated carbocycles. The van der Waals surface area contributed by atoms with Gasteiger partial charge in [-0.3, -0.25) is 9.69 Å². The molecule has 4 rings (SSSR count). The van der Waals surface area contributed by atoms with E-state index in [2.05, 4.69) is 58.7 Å². The summed E-state index contributed by atoms with van der Waals surface area (Å²) in [5.41, 5.74) is 2.69. The van der Waals surface area contributed by atoms with E-state index in [0.29, 0.717) is 18.7 Å². The maximum absolute atomic E-state index is 12.6. The average Bonchev–Trinajstić information content (AvgIpc) is 3.34. The topological polar surface area (TPSA) is 53.9 Å². The third kappa shape index (κ3) is 4.25. The molecule has 0 aromatic heterocycles. The van der Waals surface area contributed by atoms with Gasteiger partial charge < -0.3 is 10.2 Å². The number of nitrogens with one attached hydrogen (secondary N) is 1. The minimum absolute atomic E-state index is 0.110. The van der Waals surface area contributed by atoms with Gasteiger partial charge in [0.25, 0.3) is 5.91 Å². The Balaban J connectivity index is 1.27. The zero-order valence-corrected chi connectivity index (χ0v) is 16.3. The molecule has 2 aromatic rings. The van der Waals surface area contributed by atoms with Crippen LogP contribution in [0.15, 0.2) is 65.8 Å². The van der Waals surface area contributed by atoms with Gasteiger partial charge in [0.1, 0.15) is 5.71 Å². The van der Waals surface area contributed by atoms with E-state index in [1.165, 1.54) is 11.1 Å². The van der Waals surface area contributed by atoms with Crippen LogP contribution >= 0.6 is 0 Å².